The lowest BCUT2D eigenvalue weighted by molar-refractivity contribution is 0.273. The van der Waals surface area contributed by atoms with Gasteiger partial charge < -0.3 is 15.5 Å². The van der Waals surface area contributed by atoms with Crippen molar-refractivity contribution in [2.45, 2.75) is 19.3 Å². The van der Waals surface area contributed by atoms with Crippen LogP contribution in [-0.4, -0.2) is 49.6 Å². The largest absolute Gasteiger partial charge is 0.399 e. The first kappa shape index (κ1) is 13.4. The smallest absolute Gasteiger partial charge is 0.0316 e. The number of hydrogen-bond acceptors (Lipinski definition) is 3. The van der Waals surface area contributed by atoms with Crippen LogP contribution in [0.1, 0.15) is 18.4 Å². The number of anilines is 1. The van der Waals surface area contributed by atoms with Gasteiger partial charge in [0.05, 0.1) is 0 Å². The molecule has 1 saturated heterocycles. The van der Waals surface area contributed by atoms with E-state index >= 15 is 0 Å². The summed E-state index contributed by atoms with van der Waals surface area (Å²) in [6.45, 7) is 6.13. The fraction of sp³-hybridized carbons (Fsp3) is 0.600. The van der Waals surface area contributed by atoms with E-state index in [1.165, 1.54) is 51.1 Å². The zero-order chi connectivity index (χ0) is 12.8. The Labute approximate surface area is 111 Å². The van der Waals surface area contributed by atoms with Crippen LogP contribution >= 0.6 is 0 Å². The van der Waals surface area contributed by atoms with Crippen LogP contribution in [0.5, 0.6) is 0 Å². The number of nitrogens with zero attached hydrogens (tertiary/aromatic N) is 2. The molecule has 1 aliphatic rings. The van der Waals surface area contributed by atoms with Crippen molar-refractivity contribution in [2.24, 2.45) is 0 Å². The van der Waals surface area contributed by atoms with Crippen LogP contribution in [-0.2, 0) is 6.42 Å². The monoisotopic (exact) mass is 247 g/mol. The van der Waals surface area contributed by atoms with Crippen molar-refractivity contribution in [3.63, 3.8) is 0 Å². The fourth-order valence-electron chi connectivity index (χ4n) is 2.58. The van der Waals surface area contributed by atoms with Gasteiger partial charge in [0.1, 0.15) is 0 Å². The number of aryl methyl sites for hydroxylation is 1. The number of benzene rings is 1. The minimum Gasteiger partial charge on any atom is -0.399 e. The van der Waals surface area contributed by atoms with Crippen molar-refractivity contribution in [3.05, 3.63) is 29.8 Å². The topological polar surface area (TPSA) is 32.5 Å². The second-order valence-corrected chi connectivity index (χ2v) is 5.35. The summed E-state index contributed by atoms with van der Waals surface area (Å²) in [5.41, 5.74) is 8.03. The number of hydrogen-bond donors (Lipinski definition) is 1. The summed E-state index contributed by atoms with van der Waals surface area (Å²) >= 11 is 0. The first-order chi connectivity index (χ1) is 8.74. The van der Waals surface area contributed by atoms with E-state index in [1.807, 2.05) is 12.1 Å². The van der Waals surface area contributed by atoms with E-state index in [9.17, 15) is 0 Å². The summed E-state index contributed by atoms with van der Waals surface area (Å²) in [5.74, 6) is 0. The maximum absolute atomic E-state index is 5.79. The lowest BCUT2D eigenvalue weighted by Gasteiger charge is -2.19. The molecular formula is C15H25N3. The second-order valence-electron chi connectivity index (χ2n) is 5.35. The summed E-state index contributed by atoms with van der Waals surface area (Å²) in [5, 5.41) is 0. The molecule has 0 amide bonds. The summed E-state index contributed by atoms with van der Waals surface area (Å²) in [6, 6.07) is 8.27. The number of nitrogens with two attached hydrogens (primary N) is 1. The van der Waals surface area contributed by atoms with Crippen LogP contribution in [0.25, 0.3) is 0 Å². The van der Waals surface area contributed by atoms with Crippen LogP contribution in [0.3, 0.4) is 0 Å². The van der Waals surface area contributed by atoms with E-state index in [-0.39, 0.29) is 0 Å². The predicted molar refractivity (Wildman–Crippen MR) is 77.7 cm³/mol. The van der Waals surface area contributed by atoms with Gasteiger partial charge in [-0.1, -0.05) is 12.1 Å². The van der Waals surface area contributed by atoms with Crippen LogP contribution in [0.15, 0.2) is 24.3 Å². The quantitative estimate of drug-likeness (QED) is 0.824. The van der Waals surface area contributed by atoms with Crippen molar-refractivity contribution in [3.8, 4) is 0 Å². The Morgan fingerprint density at radius 3 is 2.89 bits per heavy atom. The maximum atomic E-state index is 5.79. The highest BCUT2D eigenvalue weighted by Gasteiger charge is 2.11. The Kier molecular flexibility index (Phi) is 5.02. The number of rotatable bonds is 4. The Morgan fingerprint density at radius 2 is 2.06 bits per heavy atom. The van der Waals surface area contributed by atoms with Gasteiger partial charge in [0.25, 0.3) is 0 Å². The zero-order valence-electron chi connectivity index (χ0n) is 11.4. The Hall–Kier alpha value is -1.06. The summed E-state index contributed by atoms with van der Waals surface area (Å²) in [7, 11) is 2.22. The standard InChI is InChI=1S/C15H25N3/c1-17-8-4-10-18(12-11-17)9-3-6-14-5-2-7-15(16)13-14/h2,5,7,13H,3-4,6,8-12,16H2,1H3. The van der Waals surface area contributed by atoms with Crippen molar-refractivity contribution in [2.75, 3.05) is 45.5 Å². The third-order valence-electron chi connectivity index (χ3n) is 3.70. The van der Waals surface area contributed by atoms with E-state index in [0.717, 1.165) is 12.1 Å². The molecule has 1 fully saturated rings. The fourth-order valence-corrected chi connectivity index (χ4v) is 2.58. The minimum absolute atomic E-state index is 0.879. The molecule has 0 unspecified atom stereocenters. The van der Waals surface area contributed by atoms with E-state index < -0.39 is 0 Å². The molecule has 1 heterocycles. The van der Waals surface area contributed by atoms with Gasteiger partial charge in [-0.25, -0.2) is 0 Å². The zero-order valence-corrected chi connectivity index (χ0v) is 11.4. The molecule has 0 spiro atoms. The lowest BCUT2D eigenvalue weighted by atomic mass is 10.1. The molecule has 0 saturated carbocycles. The maximum Gasteiger partial charge on any atom is 0.0316 e. The molecule has 100 valence electrons. The van der Waals surface area contributed by atoms with Crippen LogP contribution < -0.4 is 5.73 Å². The molecule has 2 rings (SSSR count). The molecule has 0 aliphatic carbocycles. The summed E-state index contributed by atoms with van der Waals surface area (Å²) < 4.78 is 0. The molecule has 3 nitrogen and oxygen atoms in total. The highest BCUT2D eigenvalue weighted by atomic mass is 15.2. The van der Waals surface area contributed by atoms with Crippen molar-refractivity contribution >= 4 is 5.69 Å². The third-order valence-corrected chi connectivity index (χ3v) is 3.70. The molecule has 3 heteroatoms. The average molecular weight is 247 g/mol. The van der Waals surface area contributed by atoms with Gasteiger partial charge in [-0.05, 0) is 63.6 Å². The van der Waals surface area contributed by atoms with E-state index in [0.29, 0.717) is 0 Å². The Balaban J connectivity index is 1.71. The molecular weight excluding hydrogens is 222 g/mol. The first-order valence-corrected chi connectivity index (χ1v) is 6.99. The van der Waals surface area contributed by atoms with Crippen LogP contribution in [0.4, 0.5) is 5.69 Å². The van der Waals surface area contributed by atoms with Gasteiger partial charge in [-0.3, -0.25) is 0 Å². The lowest BCUT2D eigenvalue weighted by Crippen LogP contribution is -2.29. The highest BCUT2D eigenvalue weighted by molar-refractivity contribution is 5.40. The van der Waals surface area contributed by atoms with Gasteiger partial charge in [0.2, 0.25) is 0 Å². The molecule has 1 aromatic rings. The van der Waals surface area contributed by atoms with E-state index in [2.05, 4.69) is 29.0 Å². The van der Waals surface area contributed by atoms with E-state index in [1.54, 1.807) is 0 Å². The summed E-state index contributed by atoms with van der Waals surface area (Å²) in [6.07, 6.45) is 3.67. The molecule has 0 atom stereocenters. The van der Waals surface area contributed by atoms with Gasteiger partial charge in [-0.2, -0.15) is 0 Å². The molecule has 2 N–H and O–H groups in total. The predicted octanol–water partition coefficient (Wildman–Crippen LogP) is 1.84. The molecule has 1 aromatic carbocycles. The molecule has 18 heavy (non-hydrogen) atoms. The number of likely N-dealkylation sites (N-methyl/N-ethyl adjacent to an activating group) is 1. The average Bonchev–Trinajstić information content (AvgIpc) is 2.55. The first-order valence-electron chi connectivity index (χ1n) is 6.99. The van der Waals surface area contributed by atoms with Gasteiger partial charge in [0.15, 0.2) is 0 Å². The molecule has 0 bridgehead atoms. The van der Waals surface area contributed by atoms with Gasteiger partial charge >= 0.3 is 0 Å². The SMILES string of the molecule is CN1CCCN(CCCc2cccc(N)c2)CC1. The third kappa shape index (κ3) is 4.31. The normalized spacial score (nSPS) is 18.7. The van der Waals surface area contributed by atoms with Gasteiger partial charge in [0, 0.05) is 18.8 Å². The van der Waals surface area contributed by atoms with Crippen LogP contribution in [0.2, 0.25) is 0 Å². The number of nitrogen functional groups attached to an aromatic ring is 1. The van der Waals surface area contributed by atoms with Crippen molar-refractivity contribution in [1.82, 2.24) is 9.80 Å². The molecule has 1 aliphatic heterocycles. The van der Waals surface area contributed by atoms with Crippen LogP contribution in [0, 0.1) is 0 Å². The Bertz CT molecular complexity index is 365. The highest BCUT2D eigenvalue weighted by Crippen LogP contribution is 2.10. The van der Waals surface area contributed by atoms with Crippen molar-refractivity contribution in [1.29, 1.82) is 0 Å². The van der Waals surface area contributed by atoms with E-state index in [4.69, 9.17) is 5.73 Å². The second kappa shape index (κ2) is 6.76. The van der Waals surface area contributed by atoms with Gasteiger partial charge in [-0.15, -0.1) is 0 Å². The van der Waals surface area contributed by atoms with Crippen molar-refractivity contribution < 1.29 is 0 Å². The minimum atomic E-state index is 0.879. The summed E-state index contributed by atoms with van der Waals surface area (Å²) in [4.78, 5) is 5.02. The molecule has 0 aromatic heterocycles. The Morgan fingerprint density at radius 1 is 1.17 bits per heavy atom. The molecule has 0 radical (unpaired) electrons.